The van der Waals surface area contributed by atoms with E-state index in [4.69, 9.17) is 25.9 Å². The number of nitrogens with two attached hydrogens (primary N) is 2. The number of anilines is 2. The number of halogens is 1. The third kappa shape index (κ3) is 19.7. The zero-order valence-electron chi connectivity index (χ0n) is 46.0. The number of nitrogen functional groups attached to an aromatic ring is 2. The molecule has 0 bridgehead atoms. The molecule has 3 saturated carbocycles. The molecule has 410 valence electrons. The van der Waals surface area contributed by atoms with E-state index in [-0.39, 0.29) is 36.0 Å². The number of aliphatic hydroxyl groups is 2. The molecule has 15 nitrogen and oxygen atoms in total. The second-order valence-electron chi connectivity index (χ2n) is 21.0. The van der Waals surface area contributed by atoms with E-state index in [0.29, 0.717) is 73.1 Å². The Morgan fingerprint density at radius 2 is 1.01 bits per heavy atom. The van der Waals surface area contributed by atoms with Crippen LogP contribution in [0.3, 0.4) is 0 Å². The monoisotopic (exact) mass is 1110 g/mol. The van der Waals surface area contributed by atoms with Crippen molar-refractivity contribution in [2.24, 2.45) is 0 Å². The van der Waals surface area contributed by atoms with Gasteiger partial charge in [-0.15, -0.1) is 0 Å². The van der Waals surface area contributed by atoms with Gasteiger partial charge in [0.1, 0.15) is 27.8 Å². The molecule has 0 amide bonds. The number of carbonyl (C=O) groups is 4. The summed E-state index contributed by atoms with van der Waals surface area (Å²) in [4.78, 5) is 65.7. The molecular weight excluding hydrogens is 1040 g/mol. The minimum absolute atomic E-state index is 0.145. The predicted octanol–water partition coefficient (Wildman–Crippen LogP) is 10.8. The lowest BCUT2D eigenvalue weighted by Crippen LogP contribution is -2.41. The van der Waals surface area contributed by atoms with Gasteiger partial charge in [0.2, 0.25) is 0 Å². The van der Waals surface area contributed by atoms with Crippen LogP contribution in [-0.2, 0) is 28.5 Å². The molecule has 5 aliphatic carbocycles. The Morgan fingerprint density at radius 3 is 1.42 bits per heavy atom. The number of pyridine rings is 5. The zero-order valence-corrected chi connectivity index (χ0v) is 47.6. The Balaban J connectivity index is 0.000000170. The fourth-order valence-corrected chi connectivity index (χ4v) is 9.81. The van der Waals surface area contributed by atoms with Gasteiger partial charge < -0.3 is 31.0 Å². The van der Waals surface area contributed by atoms with Crippen molar-refractivity contribution < 1.29 is 38.7 Å². The van der Waals surface area contributed by atoms with Crippen molar-refractivity contribution in [1.82, 2.24) is 24.9 Å². The first-order valence-corrected chi connectivity index (χ1v) is 27.3. The quantitative estimate of drug-likeness (QED) is 0.0944. The summed E-state index contributed by atoms with van der Waals surface area (Å²) in [6, 6.07) is 29.0. The van der Waals surface area contributed by atoms with E-state index < -0.39 is 0 Å². The van der Waals surface area contributed by atoms with Crippen LogP contribution in [0.4, 0.5) is 11.6 Å². The molecule has 6 N–H and O–H groups in total. The molecule has 17 heteroatoms. The molecule has 6 aliphatic rings. The minimum atomic E-state index is -0.332. The molecule has 77 heavy (non-hydrogen) atoms. The normalized spacial score (nSPS) is 21.5. The molecule has 4 atom stereocenters. The molecule has 0 radical (unpaired) electrons. The predicted molar refractivity (Wildman–Crippen MR) is 306 cm³/mol. The van der Waals surface area contributed by atoms with Crippen molar-refractivity contribution in [2.75, 3.05) is 18.6 Å². The number of hydrogen-bond donors (Lipinski definition) is 4. The highest BCUT2D eigenvalue weighted by atomic mass is 79.9. The number of aryl methyl sites for hydroxylation is 3. The SMILES string of the molecule is CC1(C)OB(C2=CC(=O)CC2)OC1(C)C.CO.Cc1cccc(Br)n1.Cc1cccc(C2=CC(=O)CC2)n1.Cc1cccc(C2CCC(=O)C2)n1.Nc1cccc(C2CCC(=O)C2)n1.Nc1cccc(C2CCC(O)C2)n1. The zero-order chi connectivity index (χ0) is 56.3. The third-order valence-electron chi connectivity index (χ3n) is 14.3. The smallest absolute Gasteiger partial charge is 0.400 e. The highest BCUT2D eigenvalue weighted by Gasteiger charge is 2.52. The van der Waals surface area contributed by atoms with E-state index in [1.807, 2.05) is 127 Å². The van der Waals surface area contributed by atoms with Crippen LogP contribution in [0.15, 0.2) is 113 Å². The van der Waals surface area contributed by atoms with Gasteiger partial charge in [0.05, 0.1) is 23.0 Å². The molecule has 0 aromatic carbocycles. The molecular formula is C60H77BBrN7O8. The van der Waals surface area contributed by atoms with Gasteiger partial charge in [-0.2, -0.15) is 0 Å². The number of aliphatic hydroxyl groups excluding tert-OH is 2. The van der Waals surface area contributed by atoms with Crippen LogP contribution >= 0.6 is 15.9 Å². The number of allylic oxidation sites excluding steroid dienone is 4. The molecule has 5 aromatic rings. The number of nitrogens with zero attached hydrogens (tertiary/aromatic N) is 5. The molecule has 4 fully saturated rings. The van der Waals surface area contributed by atoms with E-state index in [1.165, 1.54) is 0 Å². The van der Waals surface area contributed by atoms with Gasteiger partial charge >= 0.3 is 7.12 Å². The van der Waals surface area contributed by atoms with Gasteiger partial charge in [0, 0.05) is 97.6 Å². The van der Waals surface area contributed by atoms with Gasteiger partial charge in [-0.1, -0.05) is 30.3 Å². The van der Waals surface area contributed by atoms with Crippen LogP contribution in [0.5, 0.6) is 0 Å². The Morgan fingerprint density at radius 1 is 0.545 bits per heavy atom. The lowest BCUT2D eigenvalue weighted by Gasteiger charge is -2.32. The summed E-state index contributed by atoms with van der Waals surface area (Å²) in [5.41, 5.74) is 19.7. The van der Waals surface area contributed by atoms with E-state index in [9.17, 15) is 24.3 Å². The summed E-state index contributed by atoms with van der Waals surface area (Å²) in [5.74, 6) is 3.32. The Bertz CT molecular complexity index is 2760. The molecule has 11 rings (SSSR count). The number of rotatable bonds is 5. The maximum absolute atomic E-state index is 11.1. The van der Waals surface area contributed by atoms with E-state index >= 15 is 0 Å². The molecule has 1 aliphatic heterocycles. The van der Waals surface area contributed by atoms with Gasteiger partial charge in [-0.05, 0) is 193 Å². The van der Waals surface area contributed by atoms with Crippen LogP contribution in [0, 0.1) is 20.8 Å². The summed E-state index contributed by atoms with van der Waals surface area (Å²) in [6.45, 7) is 14.0. The summed E-state index contributed by atoms with van der Waals surface area (Å²) < 4.78 is 12.6. The van der Waals surface area contributed by atoms with Gasteiger partial charge in [-0.25, -0.2) is 15.0 Å². The first-order valence-electron chi connectivity index (χ1n) is 26.5. The summed E-state index contributed by atoms with van der Waals surface area (Å²) in [7, 11) is 0.668. The number of aromatic nitrogens is 5. The number of ketones is 4. The van der Waals surface area contributed by atoms with Gasteiger partial charge in [0.15, 0.2) is 11.6 Å². The van der Waals surface area contributed by atoms with Crippen LogP contribution in [0.1, 0.15) is 169 Å². The summed E-state index contributed by atoms with van der Waals surface area (Å²) >= 11 is 3.25. The maximum atomic E-state index is 11.1. The standard InChI is InChI=1S/C11H17BO3.C11H13NO.C11H11NO.C10H14N2O.C10H12N2O.C6H6BrN.CH4O/c1-10(2)11(3,4)15-12(14-10)8-5-6-9(13)7-8;2*1-8-3-2-4-11(12-8)9-5-6-10(13)7-9;2*11-10-3-1-2-9(12-10)7-4-5-8(13)6-7;1-5-3-2-4-6(7)8-5;1-2/h7H,5-6H2,1-4H3;2-4,9H,5-7H2,1H3;2-4,7H,5-6H2,1H3;1-3,7-8,13H,4-6H2,(H2,11,12);1-3,7H,4-6H2,(H2,11,12);2-4H,1H3;2H,1H3. The molecule has 0 spiro atoms. The van der Waals surface area contributed by atoms with E-state index in [0.717, 1.165) is 114 Å². The van der Waals surface area contributed by atoms with Crippen LogP contribution in [0.2, 0.25) is 0 Å². The topological polar surface area (TPSA) is 244 Å². The van der Waals surface area contributed by atoms with Crippen molar-refractivity contribution in [1.29, 1.82) is 0 Å². The Kier molecular flexibility index (Phi) is 23.7. The average Bonchev–Trinajstić information content (AvgIpc) is 4.30. The maximum Gasteiger partial charge on any atom is 0.490 e. The van der Waals surface area contributed by atoms with E-state index in [1.54, 1.807) is 24.3 Å². The molecule has 5 aromatic heterocycles. The Labute approximate surface area is 463 Å². The van der Waals surface area contributed by atoms with Gasteiger partial charge in [0.25, 0.3) is 0 Å². The van der Waals surface area contributed by atoms with Crippen LogP contribution in [-0.4, -0.2) is 89.8 Å². The van der Waals surface area contributed by atoms with Crippen molar-refractivity contribution in [3.05, 3.63) is 153 Å². The van der Waals surface area contributed by atoms with Crippen molar-refractivity contribution in [3.8, 4) is 0 Å². The average molecular weight is 1120 g/mol. The van der Waals surface area contributed by atoms with Crippen LogP contribution < -0.4 is 11.5 Å². The van der Waals surface area contributed by atoms with E-state index in [2.05, 4.69) is 40.8 Å². The molecule has 6 heterocycles. The first kappa shape index (κ1) is 61.7. The minimum Gasteiger partial charge on any atom is -0.400 e. The highest BCUT2D eigenvalue weighted by molar-refractivity contribution is 9.10. The van der Waals surface area contributed by atoms with Gasteiger partial charge in [-0.3, -0.25) is 29.1 Å². The van der Waals surface area contributed by atoms with Crippen LogP contribution in [0.25, 0.3) is 5.57 Å². The highest BCUT2D eigenvalue weighted by Crippen LogP contribution is 2.40. The second kappa shape index (κ2) is 29.6. The first-order chi connectivity index (χ1) is 36.6. The molecule has 4 unspecified atom stereocenters. The fourth-order valence-electron chi connectivity index (χ4n) is 9.37. The second-order valence-corrected chi connectivity index (χ2v) is 21.8. The summed E-state index contributed by atoms with van der Waals surface area (Å²) in [5, 5.41) is 16.4. The number of hydrogen-bond acceptors (Lipinski definition) is 15. The lowest BCUT2D eigenvalue weighted by atomic mass is 9.78. The third-order valence-corrected chi connectivity index (χ3v) is 14.7. The Hall–Kier alpha value is -6.11. The lowest BCUT2D eigenvalue weighted by molar-refractivity contribution is -0.118. The van der Waals surface area contributed by atoms with Crippen molar-refractivity contribution >= 4 is 63.4 Å². The van der Waals surface area contributed by atoms with Crippen molar-refractivity contribution in [2.45, 2.75) is 167 Å². The van der Waals surface area contributed by atoms with Crippen molar-refractivity contribution in [3.63, 3.8) is 0 Å². The fraction of sp³-hybridized carbons (Fsp3) is 0.450. The number of Topliss-reactive ketones (excluding diaryl/α,β-unsaturated/α-hetero) is 2. The largest absolute Gasteiger partial charge is 0.490 e. The summed E-state index contributed by atoms with van der Waals surface area (Å²) in [6.07, 6.45) is 13.5. The molecule has 1 saturated heterocycles. The number of carbonyl (C=O) groups excluding carboxylic acids is 4.